The zero-order valence-electron chi connectivity index (χ0n) is 16.2. The molecule has 1 aromatic rings. The molecule has 27 heavy (non-hydrogen) atoms. The highest BCUT2D eigenvalue weighted by molar-refractivity contribution is 5.80. The second-order valence-electron chi connectivity index (χ2n) is 6.43. The Morgan fingerprint density at radius 1 is 1.33 bits per heavy atom. The molecular weight excluding hydrogens is 357 g/mol. The van der Waals surface area contributed by atoms with Crippen LogP contribution in [0.25, 0.3) is 0 Å². The van der Waals surface area contributed by atoms with E-state index in [4.69, 9.17) is 4.74 Å². The molecule has 2 rings (SSSR count). The van der Waals surface area contributed by atoms with Crippen molar-refractivity contribution in [3.8, 4) is 0 Å². The molecule has 0 aromatic heterocycles. The number of benzene rings is 1. The zero-order valence-corrected chi connectivity index (χ0v) is 16.2. The van der Waals surface area contributed by atoms with Gasteiger partial charge >= 0.3 is 6.18 Å². The van der Waals surface area contributed by atoms with Gasteiger partial charge in [-0.3, -0.25) is 4.99 Å². The molecule has 1 atom stereocenters. The number of alkyl halides is 3. The van der Waals surface area contributed by atoms with Crippen molar-refractivity contribution in [3.63, 3.8) is 0 Å². The standard InChI is InChI=1S/C19H29F3N4O/c1-4-25(5-2)10-9-24-18(23-3)26-11-12-27-17(14-26)15-7-6-8-16(13-15)19(20,21)22/h6-8,13,17H,4-5,9-12,14H2,1-3H3,(H,23,24). The lowest BCUT2D eigenvalue weighted by atomic mass is 10.0. The van der Waals surface area contributed by atoms with Gasteiger partial charge in [0.1, 0.15) is 6.10 Å². The Balaban J connectivity index is 2.00. The minimum Gasteiger partial charge on any atom is -0.370 e. The zero-order chi connectivity index (χ0) is 19.9. The van der Waals surface area contributed by atoms with Crippen molar-refractivity contribution in [2.24, 2.45) is 4.99 Å². The van der Waals surface area contributed by atoms with Gasteiger partial charge in [0.05, 0.1) is 18.7 Å². The summed E-state index contributed by atoms with van der Waals surface area (Å²) in [5.41, 5.74) is -0.115. The number of rotatable bonds is 6. The highest BCUT2D eigenvalue weighted by Gasteiger charge is 2.32. The summed E-state index contributed by atoms with van der Waals surface area (Å²) in [5.74, 6) is 0.752. The fourth-order valence-electron chi connectivity index (χ4n) is 3.16. The maximum atomic E-state index is 13.0. The predicted molar refractivity (Wildman–Crippen MR) is 101 cm³/mol. The SMILES string of the molecule is CCN(CC)CCNC(=NC)N1CCOC(c2cccc(C(F)(F)F)c2)C1. The summed E-state index contributed by atoms with van der Waals surface area (Å²) >= 11 is 0. The average molecular weight is 386 g/mol. The number of halogens is 3. The Morgan fingerprint density at radius 3 is 2.70 bits per heavy atom. The molecule has 1 aliphatic rings. The van der Waals surface area contributed by atoms with Crippen LogP contribution in [0.3, 0.4) is 0 Å². The Bertz CT molecular complexity index is 617. The Kier molecular flexibility index (Phi) is 7.91. The molecule has 1 unspecified atom stereocenters. The van der Waals surface area contributed by atoms with E-state index in [1.54, 1.807) is 13.1 Å². The molecule has 1 saturated heterocycles. The molecule has 0 spiro atoms. The van der Waals surface area contributed by atoms with Crippen molar-refractivity contribution in [2.45, 2.75) is 26.1 Å². The molecular formula is C19H29F3N4O. The van der Waals surface area contributed by atoms with Crippen LogP contribution in [0.1, 0.15) is 31.1 Å². The summed E-state index contributed by atoms with van der Waals surface area (Å²) < 4.78 is 44.7. The van der Waals surface area contributed by atoms with Gasteiger partial charge in [0, 0.05) is 26.7 Å². The van der Waals surface area contributed by atoms with Crippen molar-refractivity contribution in [1.82, 2.24) is 15.1 Å². The maximum Gasteiger partial charge on any atom is 0.416 e. The maximum absolute atomic E-state index is 13.0. The average Bonchev–Trinajstić information content (AvgIpc) is 2.68. The van der Waals surface area contributed by atoms with Gasteiger partial charge in [-0.2, -0.15) is 13.2 Å². The fourth-order valence-corrected chi connectivity index (χ4v) is 3.16. The highest BCUT2D eigenvalue weighted by atomic mass is 19.4. The van der Waals surface area contributed by atoms with E-state index in [1.165, 1.54) is 12.1 Å². The lowest BCUT2D eigenvalue weighted by molar-refractivity contribution is -0.137. The molecule has 0 bridgehead atoms. The van der Waals surface area contributed by atoms with Crippen LogP contribution in [0.5, 0.6) is 0 Å². The molecule has 152 valence electrons. The second-order valence-corrected chi connectivity index (χ2v) is 6.43. The van der Waals surface area contributed by atoms with Gasteiger partial charge in [-0.15, -0.1) is 0 Å². The first-order chi connectivity index (χ1) is 12.9. The van der Waals surface area contributed by atoms with Crippen molar-refractivity contribution < 1.29 is 17.9 Å². The van der Waals surface area contributed by atoms with E-state index >= 15 is 0 Å². The van der Waals surface area contributed by atoms with Crippen molar-refractivity contribution >= 4 is 5.96 Å². The first kappa shape index (κ1) is 21.5. The minimum absolute atomic E-state index is 0.414. The number of aliphatic imine (C=N–C) groups is 1. The molecule has 1 aromatic carbocycles. The van der Waals surface area contributed by atoms with Gasteiger partial charge in [-0.05, 0) is 30.8 Å². The van der Waals surface area contributed by atoms with Crippen LogP contribution in [-0.2, 0) is 10.9 Å². The lowest BCUT2D eigenvalue weighted by Crippen LogP contribution is -2.49. The molecule has 8 heteroatoms. The van der Waals surface area contributed by atoms with E-state index in [0.29, 0.717) is 25.3 Å². The third-order valence-electron chi connectivity index (χ3n) is 4.77. The van der Waals surface area contributed by atoms with Crippen molar-refractivity contribution in [3.05, 3.63) is 35.4 Å². The quantitative estimate of drug-likeness (QED) is 0.603. The second kappa shape index (κ2) is 9.94. The number of morpholine rings is 1. The van der Waals surface area contributed by atoms with E-state index in [0.717, 1.165) is 38.2 Å². The number of nitrogens with zero attached hydrogens (tertiary/aromatic N) is 3. The molecule has 0 aliphatic carbocycles. The van der Waals surface area contributed by atoms with Crippen LogP contribution >= 0.6 is 0 Å². The first-order valence-corrected chi connectivity index (χ1v) is 9.35. The third kappa shape index (κ3) is 6.10. The summed E-state index contributed by atoms with van der Waals surface area (Å²) in [6, 6.07) is 5.36. The molecule has 0 radical (unpaired) electrons. The number of hydrogen-bond donors (Lipinski definition) is 1. The summed E-state index contributed by atoms with van der Waals surface area (Å²) in [6.07, 6.45) is -4.77. The summed E-state index contributed by atoms with van der Waals surface area (Å²) in [6.45, 7) is 9.47. The fraction of sp³-hybridized carbons (Fsp3) is 0.632. The van der Waals surface area contributed by atoms with Gasteiger partial charge in [0.2, 0.25) is 0 Å². The van der Waals surface area contributed by atoms with Gasteiger partial charge in [-0.1, -0.05) is 26.0 Å². The molecule has 1 heterocycles. The van der Waals surface area contributed by atoms with E-state index in [-0.39, 0.29) is 0 Å². The minimum atomic E-state index is -4.35. The van der Waals surface area contributed by atoms with E-state index in [2.05, 4.69) is 29.1 Å². The predicted octanol–water partition coefficient (Wildman–Crippen LogP) is 3.00. The van der Waals surface area contributed by atoms with Gasteiger partial charge in [0.25, 0.3) is 0 Å². The van der Waals surface area contributed by atoms with Crippen molar-refractivity contribution in [2.75, 3.05) is 52.9 Å². The van der Waals surface area contributed by atoms with Gasteiger partial charge in [-0.25, -0.2) is 0 Å². The molecule has 5 nitrogen and oxygen atoms in total. The Morgan fingerprint density at radius 2 is 2.07 bits per heavy atom. The van der Waals surface area contributed by atoms with Crippen LogP contribution in [-0.4, -0.2) is 68.7 Å². The van der Waals surface area contributed by atoms with Crippen LogP contribution in [0.15, 0.2) is 29.3 Å². The summed E-state index contributed by atoms with van der Waals surface area (Å²) in [5, 5.41) is 3.34. The number of nitrogens with one attached hydrogen (secondary N) is 1. The number of likely N-dealkylation sites (N-methyl/N-ethyl adjacent to an activating group) is 1. The Hall–Kier alpha value is -1.80. The highest BCUT2D eigenvalue weighted by Crippen LogP contribution is 2.32. The molecule has 0 saturated carbocycles. The van der Waals surface area contributed by atoms with Crippen LogP contribution < -0.4 is 5.32 Å². The number of hydrogen-bond acceptors (Lipinski definition) is 3. The van der Waals surface area contributed by atoms with E-state index in [1.807, 2.05) is 4.90 Å². The monoisotopic (exact) mass is 386 g/mol. The summed E-state index contributed by atoms with van der Waals surface area (Å²) in [7, 11) is 1.72. The lowest BCUT2D eigenvalue weighted by Gasteiger charge is -2.35. The topological polar surface area (TPSA) is 40.1 Å². The number of ether oxygens (including phenoxy) is 1. The van der Waals surface area contributed by atoms with Crippen LogP contribution in [0, 0.1) is 0 Å². The van der Waals surface area contributed by atoms with E-state index in [9.17, 15) is 13.2 Å². The van der Waals surface area contributed by atoms with Crippen LogP contribution in [0.4, 0.5) is 13.2 Å². The Labute approximate surface area is 159 Å². The van der Waals surface area contributed by atoms with Gasteiger partial charge in [0.15, 0.2) is 5.96 Å². The molecule has 0 amide bonds. The molecule has 1 N–H and O–H groups in total. The molecule has 1 fully saturated rings. The van der Waals surface area contributed by atoms with Crippen molar-refractivity contribution in [1.29, 1.82) is 0 Å². The third-order valence-corrected chi connectivity index (χ3v) is 4.77. The molecule has 1 aliphatic heterocycles. The van der Waals surface area contributed by atoms with E-state index < -0.39 is 17.8 Å². The largest absolute Gasteiger partial charge is 0.416 e. The normalized spacial score (nSPS) is 18.9. The van der Waals surface area contributed by atoms with Crippen LogP contribution in [0.2, 0.25) is 0 Å². The van der Waals surface area contributed by atoms with Gasteiger partial charge < -0.3 is 19.9 Å². The first-order valence-electron chi connectivity index (χ1n) is 9.35. The number of guanidine groups is 1. The smallest absolute Gasteiger partial charge is 0.370 e. The summed E-state index contributed by atoms with van der Waals surface area (Å²) in [4.78, 5) is 8.67.